The Hall–Kier alpha value is -4.64. The fraction of sp³-hybridized carbons (Fsp3) is 0.240. The third-order valence-electron chi connectivity index (χ3n) is 13.7. The highest BCUT2D eigenvalue weighted by atomic mass is 33.1. The van der Waals surface area contributed by atoms with Crippen LogP contribution in [0.25, 0.3) is 0 Å². The van der Waals surface area contributed by atoms with Crippen molar-refractivity contribution in [2.75, 3.05) is 0 Å². The molecule has 0 spiro atoms. The van der Waals surface area contributed by atoms with E-state index in [0.29, 0.717) is 0 Å². The molecule has 6 aliphatic carbocycles. The summed E-state index contributed by atoms with van der Waals surface area (Å²) in [4.78, 5) is 11.3. The highest BCUT2D eigenvalue weighted by Crippen LogP contribution is 2.68. The van der Waals surface area contributed by atoms with E-state index in [9.17, 15) is 0 Å². The van der Waals surface area contributed by atoms with Gasteiger partial charge in [-0.15, -0.1) is 0 Å². The summed E-state index contributed by atoms with van der Waals surface area (Å²) < 4.78 is 0. The van der Waals surface area contributed by atoms with Crippen LogP contribution in [0.2, 0.25) is 0 Å². The van der Waals surface area contributed by atoms with Crippen LogP contribution in [0.15, 0.2) is 168 Å². The third kappa shape index (κ3) is 4.50. The summed E-state index contributed by atoms with van der Waals surface area (Å²) in [5.74, 6) is 0. The lowest BCUT2D eigenvalue weighted by molar-refractivity contribution is 0.292. The van der Waals surface area contributed by atoms with Gasteiger partial charge in [0.15, 0.2) is 0 Å². The smallest absolute Gasteiger partial charge is 0.0773 e. The van der Waals surface area contributed by atoms with Gasteiger partial charge in [-0.2, -0.15) is 0 Å². The van der Waals surface area contributed by atoms with Crippen molar-refractivity contribution in [1.29, 1.82) is 0 Å². The molecule has 0 heterocycles. The van der Waals surface area contributed by atoms with E-state index in [0.717, 1.165) is 11.1 Å². The van der Waals surface area contributed by atoms with E-state index < -0.39 is 0 Å². The summed E-state index contributed by atoms with van der Waals surface area (Å²) >= 11 is 0. The normalized spacial score (nSPS) is 31.3. The molecule has 4 atom stereocenters. The van der Waals surface area contributed by atoms with E-state index in [1.54, 1.807) is 0 Å². The van der Waals surface area contributed by atoms with Gasteiger partial charge < -0.3 is 0 Å². The number of aliphatic imine (C=N–C) groups is 2. The first-order valence-electron chi connectivity index (χ1n) is 19.2. The lowest BCUT2D eigenvalue weighted by Crippen LogP contribution is -2.63. The van der Waals surface area contributed by atoms with E-state index in [1.807, 2.05) is 0 Å². The molecule has 0 saturated heterocycles. The lowest BCUT2D eigenvalue weighted by Gasteiger charge is -2.62. The second-order valence-electron chi connectivity index (χ2n) is 16.3. The topological polar surface area (TPSA) is 24.7 Å². The Morgan fingerprint density at radius 2 is 0.593 bits per heavy atom. The highest BCUT2D eigenvalue weighted by Gasteiger charge is 2.65. The minimum absolute atomic E-state index is 0.0139. The van der Waals surface area contributed by atoms with Gasteiger partial charge >= 0.3 is 0 Å². The van der Waals surface area contributed by atoms with Crippen molar-refractivity contribution in [2.24, 2.45) is 9.98 Å². The molecule has 4 bridgehead atoms. The number of hydrogen-bond acceptors (Lipinski definition) is 4. The monoisotopic (exact) mass is 736 g/mol. The SMILES string of the molecule is CC12c3ccccc3C(C)(c3ccccc31)C(SSC1C(N=Cc3ccccc3)C3(C)c4ccccc4C1(C)c1ccccc13)C2N=Cc1ccccc1. The van der Waals surface area contributed by atoms with Crippen LogP contribution in [0.3, 0.4) is 0 Å². The van der Waals surface area contributed by atoms with Gasteiger partial charge in [-0.1, -0.05) is 193 Å². The molecule has 54 heavy (non-hydrogen) atoms. The molecule has 2 nitrogen and oxygen atoms in total. The number of rotatable bonds is 7. The quantitative estimate of drug-likeness (QED) is 0.120. The molecule has 6 aromatic rings. The maximum Gasteiger partial charge on any atom is 0.0773 e. The van der Waals surface area contributed by atoms with Crippen LogP contribution >= 0.6 is 21.6 Å². The van der Waals surface area contributed by atoms with Crippen LogP contribution in [0, 0.1) is 0 Å². The van der Waals surface area contributed by atoms with Gasteiger partial charge in [-0.25, -0.2) is 0 Å². The fourth-order valence-electron chi connectivity index (χ4n) is 10.9. The molecular formula is C50H44N2S2. The molecule has 4 heteroatoms. The maximum absolute atomic E-state index is 5.65. The Kier molecular flexibility index (Phi) is 7.81. The Balaban J connectivity index is 1.15. The first-order chi connectivity index (χ1) is 26.3. The molecular weight excluding hydrogens is 693 g/mol. The number of nitrogens with zero attached hydrogens (tertiary/aromatic N) is 2. The summed E-state index contributed by atoms with van der Waals surface area (Å²) in [5.41, 5.74) is 12.6. The molecule has 6 aromatic carbocycles. The molecule has 266 valence electrons. The van der Waals surface area contributed by atoms with Gasteiger partial charge in [-0.3, -0.25) is 9.98 Å². The average Bonchev–Trinajstić information content (AvgIpc) is 3.22. The van der Waals surface area contributed by atoms with Crippen molar-refractivity contribution < 1.29 is 0 Å². The van der Waals surface area contributed by atoms with Crippen molar-refractivity contribution in [2.45, 2.75) is 71.9 Å². The predicted octanol–water partition coefficient (Wildman–Crippen LogP) is 11.4. The molecule has 0 radical (unpaired) electrons. The zero-order valence-corrected chi connectivity index (χ0v) is 32.8. The van der Waals surface area contributed by atoms with E-state index in [-0.39, 0.29) is 44.2 Å². The van der Waals surface area contributed by atoms with Crippen LogP contribution in [0.4, 0.5) is 0 Å². The van der Waals surface area contributed by atoms with Crippen LogP contribution in [-0.2, 0) is 21.7 Å². The van der Waals surface area contributed by atoms with Gasteiger partial charge in [0.2, 0.25) is 0 Å². The van der Waals surface area contributed by atoms with Crippen LogP contribution in [0.1, 0.15) is 83.3 Å². The van der Waals surface area contributed by atoms with E-state index in [4.69, 9.17) is 9.98 Å². The Bertz CT molecular complexity index is 2180. The van der Waals surface area contributed by atoms with Crippen LogP contribution in [-0.4, -0.2) is 35.0 Å². The van der Waals surface area contributed by atoms with E-state index >= 15 is 0 Å². The Labute approximate surface area is 327 Å². The third-order valence-corrected chi connectivity index (χ3v) is 17.3. The standard InChI is InChI=1S/C50H44N2S2/c1-47-35-23-11-15-27-39(35)49(3,40-28-16-12-24-36(40)47)45(43(47)51-31-33-19-7-5-8-20-33)53-54-46-44(52-32-34-21-9-6-10-22-34)48(2)37-25-13-17-29-41(37)50(46,4)42-30-18-14-26-38(42)48/h5-32,43-46H,1-4H3. The van der Waals surface area contributed by atoms with Crippen molar-refractivity contribution in [3.8, 4) is 0 Å². The Morgan fingerprint density at radius 1 is 0.352 bits per heavy atom. The zero-order chi connectivity index (χ0) is 36.7. The molecule has 0 aromatic heterocycles. The molecule has 0 aliphatic heterocycles. The van der Waals surface area contributed by atoms with E-state index in [1.165, 1.54) is 44.5 Å². The molecule has 0 N–H and O–H groups in total. The number of fused-ring (bicyclic) bond motifs is 2. The summed E-state index contributed by atoms with van der Waals surface area (Å²) in [6.07, 6.45) is 4.27. The minimum atomic E-state index is -0.292. The average molecular weight is 737 g/mol. The molecule has 6 aliphatic rings. The largest absolute Gasteiger partial charge is 0.287 e. The second-order valence-corrected chi connectivity index (χ2v) is 18.8. The molecule has 4 unspecified atom stereocenters. The van der Waals surface area contributed by atoms with Gasteiger partial charge in [0.05, 0.1) is 22.6 Å². The highest BCUT2D eigenvalue weighted by molar-refractivity contribution is 8.77. The lowest BCUT2D eigenvalue weighted by atomic mass is 9.48. The van der Waals surface area contributed by atoms with Gasteiger partial charge in [0.25, 0.3) is 0 Å². The zero-order valence-electron chi connectivity index (χ0n) is 31.2. The van der Waals surface area contributed by atoms with Crippen molar-refractivity contribution >= 4 is 34.0 Å². The van der Waals surface area contributed by atoms with Gasteiger partial charge in [0, 0.05) is 34.1 Å². The summed E-state index contributed by atoms with van der Waals surface area (Å²) in [6, 6.07) is 58.1. The van der Waals surface area contributed by atoms with Crippen molar-refractivity contribution in [1.82, 2.24) is 0 Å². The van der Waals surface area contributed by atoms with E-state index in [2.05, 4.69) is 219 Å². The maximum atomic E-state index is 5.65. The summed E-state index contributed by atoms with van der Waals surface area (Å²) in [7, 11) is 4.15. The molecule has 0 saturated carbocycles. The summed E-state index contributed by atoms with van der Waals surface area (Å²) in [6.45, 7) is 9.91. The Morgan fingerprint density at radius 3 is 0.870 bits per heavy atom. The van der Waals surface area contributed by atoms with Crippen LogP contribution in [0.5, 0.6) is 0 Å². The van der Waals surface area contributed by atoms with Crippen molar-refractivity contribution in [3.63, 3.8) is 0 Å². The second kappa shape index (κ2) is 12.4. The fourth-order valence-corrected chi connectivity index (χ4v) is 15.4. The summed E-state index contributed by atoms with van der Waals surface area (Å²) in [5, 5.41) is 0.330. The number of hydrogen-bond donors (Lipinski definition) is 0. The first kappa shape index (κ1) is 33.9. The molecule has 0 fully saturated rings. The van der Waals surface area contributed by atoms with Gasteiger partial charge in [0.1, 0.15) is 0 Å². The predicted molar refractivity (Wildman–Crippen MR) is 230 cm³/mol. The molecule has 0 amide bonds. The number of benzene rings is 6. The van der Waals surface area contributed by atoms with Gasteiger partial charge in [-0.05, 0) is 69.5 Å². The van der Waals surface area contributed by atoms with Crippen LogP contribution < -0.4 is 0 Å². The first-order valence-corrected chi connectivity index (χ1v) is 21.5. The van der Waals surface area contributed by atoms with Crippen molar-refractivity contribution in [3.05, 3.63) is 213 Å². The molecule has 12 rings (SSSR count). The minimum Gasteiger partial charge on any atom is -0.287 e.